The lowest BCUT2D eigenvalue weighted by atomic mass is 10.3. The van der Waals surface area contributed by atoms with Gasteiger partial charge in [0.05, 0.1) is 16.1 Å². The van der Waals surface area contributed by atoms with Gasteiger partial charge in [-0.1, -0.05) is 23.2 Å². The number of nitrogens with zero attached hydrogens (tertiary/aromatic N) is 2. The lowest BCUT2D eigenvalue weighted by Gasteiger charge is -2.00. The smallest absolute Gasteiger partial charge is 0.186 e. The summed E-state index contributed by atoms with van der Waals surface area (Å²) in [5.41, 5.74) is 0. The fraction of sp³-hybridized carbons (Fsp3) is 0.250. The van der Waals surface area contributed by atoms with Crippen molar-refractivity contribution in [2.24, 2.45) is 0 Å². The van der Waals surface area contributed by atoms with Gasteiger partial charge in [-0.15, -0.1) is 11.3 Å². The molecule has 0 fully saturated rings. The van der Waals surface area contributed by atoms with Gasteiger partial charge in [-0.3, -0.25) is 0 Å². The van der Waals surface area contributed by atoms with Crippen molar-refractivity contribution in [3.63, 3.8) is 0 Å². The molecular weight excluding hydrogens is 273 g/mol. The normalized spacial score (nSPS) is 10.5. The average molecular weight is 280 g/mol. The summed E-state index contributed by atoms with van der Waals surface area (Å²) >= 11 is 14.3. The first kappa shape index (κ1) is 11.1. The standard InChI is InChI=1S/C8H7Cl2N3S2/c9-6-2-1-5(14-6)3-4-11-8-7(10)12-15-13-8/h1-2H,3-4H2,(H,11,13). The van der Waals surface area contributed by atoms with Crippen LogP contribution in [-0.2, 0) is 6.42 Å². The molecule has 2 aromatic rings. The third kappa shape index (κ3) is 3.04. The van der Waals surface area contributed by atoms with Gasteiger partial charge in [0.25, 0.3) is 0 Å². The number of halogens is 2. The summed E-state index contributed by atoms with van der Waals surface area (Å²) in [5.74, 6) is 0.657. The van der Waals surface area contributed by atoms with E-state index < -0.39 is 0 Å². The van der Waals surface area contributed by atoms with E-state index in [9.17, 15) is 0 Å². The molecule has 15 heavy (non-hydrogen) atoms. The molecule has 2 aromatic heterocycles. The Balaban J connectivity index is 1.83. The van der Waals surface area contributed by atoms with E-state index in [2.05, 4.69) is 14.1 Å². The van der Waals surface area contributed by atoms with Gasteiger partial charge in [0.1, 0.15) is 0 Å². The highest BCUT2D eigenvalue weighted by Crippen LogP contribution is 2.22. The molecule has 80 valence electrons. The lowest BCUT2D eigenvalue weighted by Crippen LogP contribution is -2.04. The number of nitrogens with one attached hydrogen (secondary N) is 1. The minimum Gasteiger partial charge on any atom is -0.366 e. The Morgan fingerprint density at radius 3 is 2.73 bits per heavy atom. The molecule has 0 aliphatic heterocycles. The Bertz CT molecular complexity index is 441. The van der Waals surface area contributed by atoms with E-state index in [0.29, 0.717) is 11.0 Å². The van der Waals surface area contributed by atoms with Crippen LogP contribution in [0.3, 0.4) is 0 Å². The van der Waals surface area contributed by atoms with Crippen LogP contribution in [0.25, 0.3) is 0 Å². The summed E-state index contributed by atoms with van der Waals surface area (Å²) in [4.78, 5) is 1.24. The number of anilines is 1. The third-order valence-electron chi connectivity index (χ3n) is 1.74. The Hall–Kier alpha value is -0.360. The molecule has 2 rings (SSSR count). The Kier molecular flexibility index (Phi) is 3.80. The van der Waals surface area contributed by atoms with Crippen molar-refractivity contribution in [3.05, 3.63) is 26.5 Å². The van der Waals surface area contributed by atoms with E-state index in [4.69, 9.17) is 23.2 Å². The van der Waals surface area contributed by atoms with Crippen LogP contribution in [0, 0.1) is 0 Å². The molecule has 0 aromatic carbocycles. The number of hydrogen-bond acceptors (Lipinski definition) is 5. The predicted molar refractivity (Wildman–Crippen MR) is 66.4 cm³/mol. The average Bonchev–Trinajstić information content (AvgIpc) is 2.77. The second-order valence-electron chi connectivity index (χ2n) is 2.79. The van der Waals surface area contributed by atoms with Gasteiger partial charge in [0, 0.05) is 11.4 Å². The van der Waals surface area contributed by atoms with Crippen LogP contribution in [0.4, 0.5) is 5.82 Å². The van der Waals surface area contributed by atoms with Gasteiger partial charge >= 0.3 is 0 Å². The lowest BCUT2D eigenvalue weighted by molar-refractivity contribution is 1.04. The van der Waals surface area contributed by atoms with Crippen molar-refractivity contribution in [2.45, 2.75) is 6.42 Å². The summed E-state index contributed by atoms with van der Waals surface area (Å²) in [6.45, 7) is 0.780. The Labute approximate surface area is 105 Å². The highest BCUT2D eigenvalue weighted by Gasteiger charge is 2.04. The molecule has 1 N–H and O–H groups in total. The highest BCUT2D eigenvalue weighted by molar-refractivity contribution is 7.16. The first-order valence-electron chi connectivity index (χ1n) is 4.22. The summed E-state index contributed by atoms with van der Waals surface area (Å²) < 4.78 is 8.70. The monoisotopic (exact) mass is 279 g/mol. The SMILES string of the molecule is Clc1ccc(CCNc2nsnc2Cl)s1. The van der Waals surface area contributed by atoms with Crippen molar-refractivity contribution in [3.8, 4) is 0 Å². The van der Waals surface area contributed by atoms with Crippen LogP contribution in [-0.4, -0.2) is 15.3 Å². The van der Waals surface area contributed by atoms with Crippen molar-refractivity contribution in [2.75, 3.05) is 11.9 Å². The number of thiophene rings is 1. The van der Waals surface area contributed by atoms with E-state index in [1.807, 2.05) is 12.1 Å². The van der Waals surface area contributed by atoms with Crippen molar-refractivity contribution in [1.29, 1.82) is 0 Å². The van der Waals surface area contributed by atoms with Crippen LogP contribution in [0.15, 0.2) is 12.1 Å². The van der Waals surface area contributed by atoms with E-state index in [-0.39, 0.29) is 0 Å². The van der Waals surface area contributed by atoms with Crippen LogP contribution < -0.4 is 5.32 Å². The molecule has 3 nitrogen and oxygen atoms in total. The van der Waals surface area contributed by atoms with Crippen LogP contribution >= 0.6 is 46.3 Å². The second-order valence-corrected chi connectivity index (χ2v) is 5.47. The summed E-state index contributed by atoms with van der Waals surface area (Å²) in [6.07, 6.45) is 0.908. The van der Waals surface area contributed by atoms with Gasteiger partial charge in [0.2, 0.25) is 0 Å². The van der Waals surface area contributed by atoms with Crippen LogP contribution in [0.2, 0.25) is 9.49 Å². The Morgan fingerprint density at radius 2 is 2.13 bits per heavy atom. The summed E-state index contributed by atoms with van der Waals surface area (Å²) in [6, 6.07) is 3.93. The first-order chi connectivity index (χ1) is 7.25. The van der Waals surface area contributed by atoms with Gasteiger partial charge in [-0.2, -0.15) is 8.75 Å². The fourth-order valence-corrected chi connectivity index (χ4v) is 2.84. The molecule has 0 unspecified atom stereocenters. The van der Waals surface area contributed by atoms with E-state index in [1.54, 1.807) is 11.3 Å². The molecule has 0 atom stereocenters. The zero-order valence-corrected chi connectivity index (χ0v) is 10.7. The van der Waals surface area contributed by atoms with Gasteiger partial charge in [-0.05, 0) is 18.6 Å². The molecule has 0 saturated carbocycles. The van der Waals surface area contributed by atoms with Crippen molar-refractivity contribution >= 4 is 52.1 Å². The van der Waals surface area contributed by atoms with Crippen LogP contribution in [0.1, 0.15) is 4.88 Å². The molecule has 0 radical (unpaired) electrons. The number of rotatable bonds is 4. The van der Waals surface area contributed by atoms with E-state index >= 15 is 0 Å². The zero-order chi connectivity index (χ0) is 10.7. The van der Waals surface area contributed by atoms with Gasteiger partial charge in [-0.25, -0.2) is 0 Å². The minimum atomic E-state index is 0.434. The molecular formula is C8H7Cl2N3S2. The maximum Gasteiger partial charge on any atom is 0.186 e. The molecule has 2 heterocycles. The van der Waals surface area contributed by atoms with E-state index in [1.165, 1.54) is 4.88 Å². The maximum atomic E-state index is 5.82. The van der Waals surface area contributed by atoms with Crippen molar-refractivity contribution in [1.82, 2.24) is 8.75 Å². The molecule has 0 aliphatic rings. The second kappa shape index (κ2) is 5.12. The van der Waals surface area contributed by atoms with Gasteiger partial charge in [0.15, 0.2) is 11.0 Å². The zero-order valence-electron chi connectivity index (χ0n) is 7.54. The van der Waals surface area contributed by atoms with E-state index in [0.717, 1.165) is 29.0 Å². The quantitative estimate of drug-likeness (QED) is 0.930. The first-order valence-corrected chi connectivity index (χ1v) is 6.52. The topological polar surface area (TPSA) is 37.8 Å². The molecule has 0 spiro atoms. The summed E-state index contributed by atoms with van der Waals surface area (Å²) in [5, 5.41) is 3.55. The third-order valence-corrected chi connectivity index (χ3v) is 3.92. The molecule has 0 bridgehead atoms. The fourth-order valence-electron chi connectivity index (χ4n) is 1.07. The molecule has 0 aliphatic carbocycles. The van der Waals surface area contributed by atoms with Gasteiger partial charge < -0.3 is 5.32 Å². The maximum absolute atomic E-state index is 5.82. The Morgan fingerprint density at radius 1 is 1.27 bits per heavy atom. The van der Waals surface area contributed by atoms with Crippen molar-refractivity contribution < 1.29 is 0 Å². The van der Waals surface area contributed by atoms with Crippen LogP contribution in [0.5, 0.6) is 0 Å². The minimum absolute atomic E-state index is 0.434. The number of aromatic nitrogens is 2. The molecule has 0 saturated heterocycles. The predicted octanol–water partition coefficient (Wildman–Crippen LogP) is 3.56. The highest BCUT2D eigenvalue weighted by atomic mass is 35.5. The largest absolute Gasteiger partial charge is 0.366 e. The number of hydrogen-bond donors (Lipinski definition) is 1. The molecule has 0 amide bonds. The molecule has 7 heteroatoms. The summed E-state index contributed by atoms with van der Waals surface area (Å²) in [7, 11) is 0.